The lowest BCUT2D eigenvalue weighted by Gasteiger charge is -2.17. The van der Waals surface area contributed by atoms with E-state index in [0.29, 0.717) is 6.42 Å². The summed E-state index contributed by atoms with van der Waals surface area (Å²) >= 11 is 3.98. The summed E-state index contributed by atoms with van der Waals surface area (Å²) in [6, 6.07) is 7.99. The Morgan fingerprint density at radius 3 is 2.83 bits per heavy atom. The molecule has 2 N–H and O–H groups in total. The summed E-state index contributed by atoms with van der Waals surface area (Å²) in [5, 5.41) is 10.2. The fourth-order valence-corrected chi connectivity index (χ4v) is 6.53. The molecule has 0 radical (unpaired) electrons. The van der Waals surface area contributed by atoms with Crippen LogP contribution >= 0.6 is 27.3 Å². The second-order valence-corrected chi connectivity index (χ2v) is 9.12. The lowest BCUT2D eigenvalue weighted by molar-refractivity contribution is 0.0606. The molecule has 0 bridgehead atoms. The van der Waals surface area contributed by atoms with Crippen molar-refractivity contribution in [1.29, 1.82) is 0 Å². The second kappa shape index (κ2) is 6.57. The Hall–Kier alpha value is -1.26. The number of carbonyl (C=O) groups excluding carboxylic acids is 1. The maximum atomic E-state index is 12.7. The molecule has 9 heteroatoms. The van der Waals surface area contributed by atoms with Gasteiger partial charge >= 0.3 is 5.97 Å². The van der Waals surface area contributed by atoms with E-state index in [-0.39, 0.29) is 13.6 Å². The maximum absolute atomic E-state index is 12.7. The van der Waals surface area contributed by atoms with E-state index in [0.717, 1.165) is 22.5 Å². The van der Waals surface area contributed by atoms with Crippen LogP contribution in [0.25, 0.3) is 0 Å². The van der Waals surface area contributed by atoms with Crippen molar-refractivity contribution in [2.24, 2.45) is 0 Å². The van der Waals surface area contributed by atoms with E-state index < -0.39 is 28.1 Å². The number of aliphatic hydroxyl groups is 1. The lowest BCUT2D eigenvalue weighted by Crippen LogP contribution is -2.33. The number of nitrogens with one attached hydrogen (secondary N) is 1. The van der Waals surface area contributed by atoms with Crippen LogP contribution in [-0.2, 0) is 21.2 Å². The molecule has 1 aliphatic rings. The van der Waals surface area contributed by atoms with Crippen LogP contribution in [-0.4, -0.2) is 32.7 Å². The molecule has 0 unspecified atom stereocenters. The average Bonchev–Trinajstić information content (AvgIpc) is 3.08. The van der Waals surface area contributed by atoms with Gasteiger partial charge in [-0.1, -0.05) is 24.3 Å². The highest BCUT2D eigenvalue weighted by atomic mass is 79.9. The van der Waals surface area contributed by atoms with Crippen molar-refractivity contribution in [2.45, 2.75) is 22.8 Å². The topological polar surface area (TPSA) is 92.7 Å². The number of thiophene rings is 1. The van der Waals surface area contributed by atoms with E-state index in [1.54, 1.807) is 12.1 Å². The van der Waals surface area contributed by atoms with Gasteiger partial charge in [0.1, 0.15) is 9.09 Å². The molecule has 0 saturated carbocycles. The number of fused-ring (bicyclic) bond motifs is 1. The van der Waals surface area contributed by atoms with Gasteiger partial charge < -0.3 is 9.84 Å². The summed E-state index contributed by atoms with van der Waals surface area (Å²) in [6.07, 6.45) is -0.446. The molecule has 1 aliphatic carbocycles. The van der Waals surface area contributed by atoms with Crippen LogP contribution in [0.15, 0.2) is 39.0 Å². The van der Waals surface area contributed by atoms with Crippen molar-refractivity contribution < 1.29 is 23.1 Å². The first-order chi connectivity index (χ1) is 11.3. The molecule has 0 amide bonds. The number of rotatable bonds is 4. The zero-order valence-corrected chi connectivity index (χ0v) is 15.7. The monoisotopic (exact) mass is 431 g/mol. The standard InChI is InChI=1S/C15H14BrNO5S2/c1-22-14(19)12-7-10(16)15(23-12)24(20,21)17-13-9-5-3-2-4-8(9)6-11(13)18/h2-5,7,11,13,17-18H,6H2,1H3/t11-,13+/m1/s1. The number of esters is 1. The van der Waals surface area contributed by atoms with Gasteiger partial charge in [0.15, 0.2) is 0 Å². The van der Waals surface area contributed by atoms with Crippen molar-refractivity contribution in [3.05, 3.63) is 50.8 Å². The number of hydrogen-bond acceptors (Lipinski definition) is 6. The molecule has 1 heterocycles. The number of ether oxygens (including phenoxy) is 1. The van der Waals surface area contributed by atoms with Gasteiger partial charge in [0.2, 0.25) is 0 Å². The highest BCUT2D eigenvalue weighted by Crippen LogP contribution is 2.36. The Labute approximate surface area is 151 Å². The van der Waals surface area contributed by atoms with Gasteiger partial charge in [0, 0.05) is 10.9 Å². The number of benzene rings is 1. The number of aliphatic hydroxyl groups excluding tert-OH is 1. The van der Waals surface area contributed by atoms with E-state index in [9.17, 15) is 18.3 Å². The Balaban J connectivity index is 1.93. The first-order valence-electron chi connectivity index (χ1n) is 6.99. The Bertz CT molecular complexity index is 893. The van der Waals surface area contributed by atoms with Crippen LogP contribution in [0, 0.1) is 0 Å². The zero-order chi connectivity index (χ0) is 17.5. The van der Waals surface area contributed by atoms with Gasteiger partial charge in [-0.3, -0.25) is 0 Å². The van der Waals surface area contributed by atoms with Crippen LogP contribution < -0.4 is 4.72 Å². The average molecular weight is 432 g/mol. The first-order valence-corrected chi connectivity index (χ1v) is 10.1. The van der Waals surface area contributed by atoms with E-state index in [4.69, 9.17) is 0 Å². The Morgan fingerprint density at radius 2 is 2.12 bits per heavy atom. The molecule has 1 aromatic heterocycles. The SMILES string of the molecule is COC(=O)c1cc(Br)c(S(=O)(=O)N[C@H]2c3ccccc3C[C@H]2O)s1. The molecule has 128 valence electrons. The van der Waals surface area contributed by atoms with Crippen LogP contribution in [0.2, 0.25) is 0 Å². The highest BCUT2D eigenvalue weighted by Gasteiger charge is 2.35. The predicted molar refractivity (Wildman–Crippen MR) is 92.6 cm³/mol. The largest absolute Gasteiger partial charge is 0.465 e. The molecular formula is C15H14BrNO5S2. The van der Waals surface area contributed by atoms with Gasteiger partial charge in [-0.15, -0.1) is 11.3 Å². The number of hydrogen-bond donors (Lipinski definition) is 2. The maximum Gasteiger partial charge on any atom is 0.348 e. The fraction of sp³-hybridized carbons (Fsp3) is 0.267. The molecule has 2 atom stereocenters. The molecule has 6 nitrogen and oxygen atoms in total. The van der Waals surface area contributed by atoms with E-state index in [1.165, 1.54) is 13.2 Å². The number of carbonyl (C=O) groups is 1. The van der Waals surface area contributed by atoms with Gasteiger partial charge in [-0.2, -0.15) is 0 Å². The highest BCUT2D eigenvalue weighted by molar-refractivity contribution is 9.10. The van der Waals surface area contributed by atoms with E-state index in [1.807, 2.05) is 12.1 Å². The third-order valence-electron chi connectivity index (χ3n) is 3.77. The summed E-state index contributed by atoms with van der Waals surface area (Å²) in [6.45, 7) is 0. The minimum absolute atomic E-state index is 0.0283. The Morgan fingerprint density at radius 1 is 1.42 bits per heavy atom. The second-order valence-electron chi connectivity index (χ2n) is 5.31. The normalized spacial score (nSPS) is 20.0. The van der Waals surface area contributed by atoms with Gasteiger partial charge in [0.05, 0.1) is 19.3 Å². The number of halogens is 1. The van der Waals surface area contributed by atoms with Crippen molar-refractivity contribution in [3.63, 3.8) is 0 Å². The summed E-state index contributed by atoms with van der Waals surface area (Å²) in [5.41, 5.74) is 1.67. The molecule has 24 heavy (non-hydrogen) atoms. The van der Waals surface area contributed by atoms with Crippen LogP contribution in [0.5, 0.6) is 0 Å². The third-order valence-corrected chi connectivity index (χ3v) is 8.01. The molecule has 0 fully saturated rings. The molecule has 3 rings (SSSR count). The summed E-state index contributed by atoms with van der Waals surface area (Å²) in [4.78, 5) is 11.8. The van der Waals surface area contributed by atoms with Crippen LogP contribution in [0.1, 0.15) is 26.8 Å². The molecular weight excluding hydrogens is 418 g/mol. The van der Waals surface area contributed by atoms with Gasteiger partial charge in [-0.25, -0.2) is 17.9 Å². The van der Waals surface area contributed by atoms with Crippen molar-refractivity contribution >= 4 is 43.3 Å². The van der Waals surface area contributed by atoms with E-state index in [2.05, 4.69) is 25.4 Å². The fourth-order valence-electron chi connectivity index (χ4n) is 2.67. The number of methoxy groups -OCH3 is 1. The summed E-state index contributed by atoms with van der Waals surface area (Å²) in [7, 11) is -2.69. The van der Waals surface area contributed by atoms with Crippen molar-refractivity contribution in [3.8, 4) is 0 Å². The van der Waals surface area contributed by atoms with Crippen molar-refractivity contribution in [1.82, 2.24) is 4.72 Å². The molecule has 0 aliphatic heterocycles. The summed E-state index contributed by atoms with van der Waals surface area (Å²) < 4.78 is 32.8. The van der Waals surface area contributed by atoms with Crippen LogP contribution in [0.4, 0.5) is 0 Å². The molecule has 1 aromatic carbocycles. The molecule has 2 aromatic rings. The van der Waals surface area contributed by atoms with Crippen molar-refractivity contribution in [2.75, 3.05) is 7.11 Å². The summed E-state index contributed by atoms with van der Waals surface area (Å²) in [5.74, 6) is -0.603. The molecule has 0 saturated heterocycles. The number of sulfonamides is 1. The third kappa shape index (κ3) is 3.14. The van der Waals surface area contributed by atoms with E-state index >= 15 is 0 Å². The quantitative estimate of drug-likeness (QED) is 0.723. The molecule has 0 spiro atoms. The minimum atomic E-state index is -3.92. The smallest absolute Gasteiger partial charge is 0.348 e. The van der Waals surface area contributed by atoms with Crippen LogP contribution in [0.3, 0.4) is 0 Å². The first kappa shape index (κ1) is 17.6. The minimum Gasteiger partial charge on any atom is -0.465 e. The lowest BCUT2D eigenvalue weighted by atomic mass is 10.1. The van der Waals surface area contributed by atoms with Gasteiger partial charge in [0.25, 0.3) is 10.0 Å². The predicted octanol–water partition coefficient (Wildman–Crippen LogP) is 2.23. The Kier molecular flexibility index (Phi) is 4.80. The van der Waals surface area contributed by atoms with Gasteiger partial charge in [-0.05, 0) is 33.1 Å². The zero-order valence-electron chi connectivity index (χ0n) is 12.5.